The summed E-state index contributed by atoms with van der Waals surface area (Å²) in [5.74, 6) is 2.99. The molecule has 1 fully saturated rings. The van der Waals surface area contributed by atoms with E-state index in [1.165, 1.54) is 17.5 Å². The molecule has 1 aliphatic rings. The summed E-state index contributed by atoms with van der Waals surface area (Å²) in [4.78, 5) is 0. The number of aromatic hydroxyl groups is 2. The van der Waals surface area contributed by atoms with Crippen molar-refractivity contribution >= 4 is 0 Å². The predicted molar refractivity (Wildman–Crippen MR) is 159 cm³/mol. The highest BCUT2D eigenvalue weighted by atomic mass is 16.3. The van der Waals surface area contributed by atoms with Gasteiger partial charge in [0.25, 0.3) is 0 Å². The lowest BCUT2D eigenvalue weighted by Crippen LogP contribution is -2.41. The van der Waals surface area contributed by atoms with Crippen LogP contribution in [0.1, 0.15) is 141 Å². The van der Waals surface area contributed by atoms with E-state index in [2.05, 4.69) is 100 Å². The van der Waals surface area contributed by atoms with Gasteiger partial charge >= 0.3 is 0 Å². The first-order chi connectivity index (χ1) is 17.1. The maximum atomic E-state index is 11.3. The number of benzene rings is 2. The molecule has 3 rings (SSSR count). The molecule has 1 unspecified atom stereocenters. The molecule has 0 bridgehead atoms. The molecule has 0 aliphatic heterocycles. The first-order valence-electron chi connectivity index (χ1n) is 14.8. The first kappa shape index (κ1) is 29.6. The number of hydrogen-bond acceptors (Lipinski definition) is 2. The van der Waals surface area contributed by atoms with Gasteiger partial charge in [-0.05, 0) is 100 Å². The molecule has 1 saturated carbocycles. The Hall–Kier alpha value is -1.96. The maximum Gasteiger partial charge on any atom is 0.122 e. The van der Waals surface area contributed by atoms with Crippen LogP contribution < -0.4 is 0 Å². The second-order valence-corrected chi connectivity index (χ2v) is 14.6. The van der Waals surface area contributed by atoms with E-state index in [1.807, 2.05) is 0 Å². The van der Waals surface area contributed by atoms with Crippen molar-refractivity contribution in [3.63, 3.8) is 0 Å². The largest absolute Gasteiger partial charge is 0.507 e. The van der Waals surface area contributed by atoms with Crippen LogP contribution in [-0.2, 0) is 18.3 Å². The second kappa shape index (κ2) is 11.0. The van der Waals surface area contributed by atoms with E-state index in [0.717, 1.165) is 47.9 Å². The molecule has 2 N–H and O–H groups in total. The predicted octanol–water partition coefficient (Wildman–Crippen LogP) is 9.87. The zero-order valence-corrected chi connectivity index (χ0v) is 25.6. The van der Waals surface area contributed by atoms with Crippen LogP contribution in [0, 0.1) is 23.2 Å². The summed E-state index contributed by atoms with van der Waals surface area (Å²) in [6.45, 7) is 25.0. The summed E-state index contributed by atoms with van der Waals surface area (Å²) in [7, 11) is 0. The van der Waals surface area contributed by atoms with Crippen molar-refractivity contribution < 1.29 is 10.2 Å². The molecule has 2 nitrogen and oxygen atoms in total. The Morgan fingerprint density at radius 2 is 1.11 bits per heavy atom. The summed E-state index contributed by atoms with van der Waals surface area (Å²) in [5.41, 5.74) is 7.02. The van der Waals surface area contributed by atoms with Crippen LogP contribution in [0.15, 0.2) is 24.3 Å². The topological polar surface area (TPSA) is 40.5 Å². The standard InChI is InChI=1S/C35H54O2/c1-21(2)12-26-14-28(16-30(23(5)6)32(26)36)35(19-25(9)18-34(10,11)20-35)29-15-27(13-22(3)4)33(37)31(17-29)24(7)8/h14-17,21-25,36-37H,12-13,18-20H2,1-11H3. The van der Waals surface area contributed by atoms with Crippen LogP contribution >= 0.6 is 0 Å². The summed E-state index contributed by atoms with van der Waals surface area (Å²) in [5, 5.41) is 22.6. The van der Waals surface area contributed by atoms with Crippen LogP contribution in [0.2, 0.25) is 0 Å². The summed E-state index contributed by atoms with van der Waals surface area (Å²) in [6, 6.07) is 9.31. The van der Waals surface area contributed by atoms with Crippen molar-refractivity contribution in [2.45, 2.75) is 126 Å². The molecule has 1 aliphatic carbocycles. The van der Waals surface area contributed by atoms with Crippen molar-refractivity contribution in [2.75, 3.05) is 0 Å². The minimum atomic E-state index is -0.159. The fourth-order valence-corrected chi connectivity index (χ4v) is 7.24. The first-order valence-corrected chi connectivity index (χ1v) is 14.8. The molecule has 0 radical (unpaired) electrons. The highest BCUT2D eigenvalue weighted by Crippen LogP contribution is 2.55. The normalized spacial score (nSPS) is 19.4. The number of hydrogen-bond donors (Lipinski definition) is 2. The van der Waals surface area contributed by atoms with E-state index in [4.69, 9.17) is 0 Å². The number of phenols is 2. The van der Waals surface area contributed by atoms with Gasteiger partial charge in [-0.25, -0.2) is 0 Å². The summed E-state index contributed by atoms with van der Waals surface area (Å²) >= 11 is 0. The Kier molecular flexibility index (Phi) is 8.82. The quantitative estimate of drug-likeness (QED) is 0.374. The van der Waals surface area contributed by atoms with Crippen molar-refractivity contribution in [1.29, 1.82) is 0 Å². The molecule has 0 amide bonds. The molecule has 0 heterocycles. The molecule has 2 aromatic carbocycles. The Labute approximate surface area is 227 Å². The fraction of sp³-hybridized carbons (Fsp3) is 0.657. The van der Waals surface area contributed by atoms with Crippen LogP contribution in [-0.4, -0.2) is 10.2 Å². The molecular formula is C35H54O2. The van der Waals surface area contributed by atoms with E-state index >= 15 is 0 Å². The minimum absolute atomic E-state index is 0.159. The number of rotatable bonds is 8. The van der Waals surface area contributed by atoms with Crippen molar-refractivity contribution in [3.05, 3.63) is 57.6 Å². The van der Waals surface area contributed by atoms with E-state index in [9.17, 15) is 10.2 Å². The van der Waals surface area contributed by atoms with Gasteiger partial charge in [-0.1, -0.05) is 100 Å². The molecule has 0 saturated heterocycles. The second-order valence-electron chi connectivity index (χ2n) is 14.6. The lowest BCUT2D eigenvalue weighted by Gasteiger charge is -2.49. The molecule has 0 aromatic heterocycles. The van der Waals surface area contributed by atoms with Gasteiger partial charge in [-0.3, -0.25) is 0 Å². The third kappa shape index (κ3) is 6.37. The summed E-state index contributed by atoms with van der Waals surface area (Å²) < 4.78 is 0. The van der Waals surface area contributed by atoms with Gasteiger partial charge in [0, 0.05) is 5.41 Å². The Bertz CT molecular complexity index is 1020. The van der Waals surface area contributed by atoms with Crippen molar-refractivity contribution in [2.24, 2.45) is 23.2 Å². The third-order valence-corrected chi connectivity index (χ3v) is 8.42. The molecular weight excluding hydrogens is 452 g/mol. The molecule has 1 atom stereocenters. The fourth-order valence-electron chi connectivity index (χ4n) is 7.24. The lowest BCUT2D eigenvalue weighted by atomic mass is 9.55. The zero-order chi connectivity index (χ0) is 27.9. The summed E-state index contributed by atoms with van der Waals surface area (Å²) in [6.07, 6.45) is 5.12. The van der Waals surface area contributed by atoms with E-state index < -0.39 is 0 Å². The maximum absolute atomic E-state index is 11.3. The smallest absolute Gasteiger partial charge is 0.122 e. The zero-order valence-electron chi connectivity index (χ0n) is 25.6. The van der Waals surface area contributed by atoms with Crippen LogP contribution in [0.4, 0.5) is 0 Å². The van der Waals surface area contributed by atoms with Gasteiger partial charge in [-0.2, -0.15) is 0 Å². The Balaban J connectivity index is 2.41. The monoisotopic (exact) mass is 506 g/mol. The van der Waals surface area contributed by atoms with E-state index in [1.54, 1.807) is 0 Å². The lowest BCUT2D eigenvalue weighted by molar-refractivity contribution is 0.126. The highest BCUT2D eigenvalue weighted by Gasteiger charge is 2.46. The third-order valence-electron chi connectivity index (χ3n) is 8.42. The highest BCUT2D eigenvalue weighted by molar-refractivity contribution is 5.55. The molecule has 2 aromatic rings. The van der Waals surface area contributed by atoms with Crippen LogP contribution in [0.3, 0.4) is 0 Å². The van der Waals surface area contributed by atoms with Gasteiger partial charge < -0.3 is 10.2 Å². The van der Waals surface area contributed by atoms with Crippen LogP contribution in [0.25, 0.3) is 0 Å². The molecule has 37 heavy (non-hydrogen) atoms. The van der Waals surface area contributed by atoms with Gasteiger partial charge in [0.1, 0.15) is 11.5 Å². The van der Waals surface area contributed by atoms with Gasteiger partial charge in [-0.15, -0.1) is 0 Å². The van der Waals surface area contributed by atoms with Gasteiger partial charge in [0.05, 0.1) is 0 Å². The van der Waals surface area contributed by atoms with E-state index in [-0.39, 0.29) is 22.7 Å². The molecule has 2 heteroatoms. The Morgan fingerprint density at radius 1 is 0.703 bits per heavy atom. The average Bonchev–Trinajstić information content (AvgIpc) is 2.73. The number of phenolic OH excluding ortho intramolecular Hbond substituents is 2. The van der Waals surface area contributed by atoms with Crippen molar-refractivity contribution in [3.8, 4) is 11.5 Å². The van der Waals surface area contributed by atoms with Gasteiger partial charge in [0.15, 0.2) is 0 Å². The molecule has 206 valence electrons. The van der Waals surface area contributed by atoms with Crippen molar-refractivity contribution in [1.82, 2.24) is 0 Å². The average molecular weight is 507 g/mol. The van der Waals surface area contributed by atoms with E-state index in [0.29, 0.717) is 29.3 Å². The Morgan fingerprint density at radius 3 is 1.43 bits per heavy atom. The van der Waals surface area contributed by atoms with Crippen LogP contribution in [0.5, 0.6) is 11.5 Å². The minimum Gasteiger partial charge on any atom is -0.507 e. The molecule has 0 spiro atoms. The SMILES string of the molecule is CC(C)Cc1cc(C2(c3cc(CC(C)C)c(O)c(C(C)C)c3)CC(C)CC(C)(C)C2)cc(C(C)C)c1O. The van der Waals surface area contributed by atoms with Gasteiger partial charge in [0.2, 0.25) is 0 Å².